The van der Waals surface area contributed by atoms with Crippen LogP contribution in [0.5, 0.6) is 0 Å². The largest absolute Gasteiger partial charge is 0.145 e. The van der Waals surface area contributed by atoms with E-state index in [2.05, 4.69) is 66.5 Å². The Morgan fingerprint density at radius 3 is 1.65 bits per heavy atom. The SMILES string of the molecule is C=CCC(C)C#C[Si](C(C)C)(C(C)C)C(C)C. The molecule has 0 aliphatic rings. The predicted octanol–water partition coefficient (Wildman–Crippen LogP) is 5.42. The highest BCUT2D eigenvalue weighted by atomic mass is 28.3. The Morgan fingerprint density at radius 2 is 1.35 bits per heavy atom. The second kappa shape index (κ2) is 7.06. The maximum atomic E-state index is 3.79. The van der Waals surface area contributed by atoms with Crippen molar-refractivity contribution < 1.29 is 0 Å². The van der Waals surface area contributed by atoms with Crippen LogP contribution < -0.4 is 0 Å². The highest BCUT2D eigenvalue weighted by Crippen LogP contribution is 2.40. The Kier molecular flexibility index (Phi) is 6.86. The van der Waals surface area contributed by atoms with E-state index in [1.165, 1.54) is 0 Å². The summed E-state index contributed by atoms with van der Waals surface area (Å²) < 4.78 is 0. The summed E-state index contributed by atoms with van der Waals surface area (Å²) >= 11 is 0. The van der Waals surface area contributed by atoms with E-state index in [1.807, 2.05) is 6.08 Å². The molecule has 0 aromatic rings. The Hall–Kier alpha value is -0.483. The molecule has 0 fully saturated rings. The van der Waals surface area contributed by atoms with Gasteiger partial charge in [-0.2, -0.15) is 0 Å². The maximum absolute atomic E-state index is 3.79. The van der Waals surface area contributed by atoms with E-state index in [1.54, 1.807) is 0 Å². The molecule has 0 amide bonds. The van der Waals surface area contributed by atoms with Crippen molar-refractivity contribution in [1.82, 2.24) is 0 Å². The smallest absolute Gasteiger partial charge is 0.130 e. The van der Waals surface area contributed by atoms with Crippen LogP contribution in [0.1, 0.15) is 54.9 Å². The lowest BCUT2D eigenvalue weighted by atomic mass is 10.1. The van der Waals surface area contributed by atoms with Crippen LogP contribution in [0.3, 0.4) is 0 Å². The first kappa shape index (κ1) is 16.5. The zero-order valence-corrected chi connectivity index (χ0v) is 13.8. The molecule has 17 heavy (non-hydrogen) atoms. The van der Waals surface area contributed by atoms with Crippen molar-refractivity contribution in [2.45, 2.75) is 71.5 Å². The van der Waals surface area contributed by atoms with Gasteiger partial charge in [0.1, 0.15) is 8.07 Å². The molecular weight excluding hydrogens is 220 g/mol. The lowest BCUT2D eigenvalue weighted by Gasteiger charge is -2.38. The van der Waals surface area contributed by atoms with Gasteiger partial charge in [0, 0.05) is 5.92 Å². The Balaban J connectivity index is 5.25. The average molecular weight is 251 g/mol. The minimum absolute atomic E-state index is 0.454. The maximum Gasteiger partial charge on any atom is 0.145 e. The standard InChI is InChI=1S/C16H30Si/c1-9-10-16(8)11-12-17(13(2)3,14(4)5)15(6)7/h9,13-16H,1,10H2,2-8H3. The summed E-state index contributed by atoms with van der Waals surface area (Å²) in [4.78, 5) is 0. The molecule has 0 rings (SSSR count). The van der Waals surface area contributed by atoms with Gasteiger partial charge in [0.2, 0.25) is 0 Å². The zero-order chi connectivity index (χ0) is 13.6. The molecule has 0 heterocycles. The average Bonchev–Trinajstić information content (AvgIpc) is 2.17. The summed E-state index contributed by atoms with van der Waals surface area (Å²) in [5.41, 5.74) is 5.94. The molecule has 0 bridgehead atoms. The lowest BCUT2D eigenvalue weighted by molar-refractivity contribution is 0.773. The third kappa shape index (κ3) is 4.03. The van der Waals surface area contributed by atoms with Gasteiger partial charge in [-0.3, -0.25) is 0 Å². The molecule has 98 valence electrons. The van der Waals surface area contributed by atoms with Gasteiger partial charge in [-0.15, -0.1) is 18.0 Å². The molecule has 1 atom stereocenters. The van der Waals surface area contributed by atoms with Crippen molar-refractivity contribution >= 4 is 8.07 Å². The van der Waals surface area contributed by atoms with Crippen molar-refractivity contribution in [3.63, 3.8) is 0 Å². The quantitative estimate of drug-likeness (QED) is 0.347. The van der Waals surface area contributed by atoms with Crippen LogP contribution in [0, 0.1) is 17.4 Å². The molecule has 0 aliphatic heterocycles. The second-order valence-corrected chi connectivity index (χ2v) is 11.7. The summed E-state index contributed by atoms with van der Waals surface area (Å²) in [6.45, 7) is 20.2. The van der Waals surface area contributed by atoms with Crippen molar-refractivity contribution in [3.8, 4) is 11.5 Å². The van der Waals surface area contributed by atoms with E-state index >= 15 is 0 Å². The fraction of sp³-hybridized carbons (Fsp3) is 0.750. The summed E-state index contributed by atoms with van der Waals surface area (Å²) in [6.07, 6.45) is 2.98. The molecule has 0 saturated carbocycles. The van der Waals surface area contributed by atoms with Gasteiger partial charge in [-0.05, 0) is 23.0 Å². The molecule has 0 spiro atoms. The van der Waals surface area contributed by atoms with Crippen molar-refractivity contribution in [2.75, 3.05) is 0 Å². The normalized spacial score (nSPS) is 13.8. The Labute approximate surface area is 110 Å². The fourth-order valence-corrected chi connectivity index (χ4v) is 8.35. The minimum atomic E-state index is -1.51. The molecule has 0 aliphatic carbocycles. The zero-order valence-electron chi connectivity index (χ0n) is 12.8. The summed E-state index contributed by atoms with van der Waals surface area (Å²) in [5, 5.41) is 0. The van der Waals surface area contributed by atoms with Gasteiger partial charge >= 0.3 is 0 Å². The number of allylic oxidation sites excluding steroid dienone is 1. The van der Waals surface area contributed by atoms with Gasteiger partial charge in [-0.1, -0.05) is 54.5 Å². The first-order valence-corrected chi connectivity index (χ1v) is 9.15. The first-order chi connectivity index (χ1) is 7.78. The van der Waals surface area contributed by atoms with Crippen LogP contribution in [-0.4, -0.2) is 8.07 Å². The second-order valence-electron chi connectivity index (χ2n) is 6.09. The summed E-state index contributed by atoms with van der Waals surface area (Å²) in [7, 11) is -1.51. The Morgan fingerprint density at radius 1 is 0.941 bits per heavy atom. The van der Waals surface area contributed by atoms with Gasteiger partial charge in [0.15, 0.2) is 0 Å². The third-order valence-electron chi connectivity index (χ3n) is 3.92. The van der Waals surface area contributed by atoms with Crippen LogP contribution in [0.15, 0.2) is 12.7 Å². The molecule has 0 aromatic carbocycles. The lowest BCUT2D eigenvalue weighted by Crippen LogP contribution is -2.43. The Bertz CT molecular complexity index is 267. The summed E-state index contributed by atoms with van der Waals surface area (Å²) in [6, 6.07) is 0. The molecule has 1 unspecified atom stereocenters. The molecular formula is C16H30Si. The molecule has 0 nitrogen and oxygen atoms in total. The van der Waals surface area contributed by atoms with Crippen LogP contribution in [0.25, 0.3) is 0 Å². The molecule has 0 saturated heterocycles. The van der Waals surface area contributed by atoms with Crippen molar-refractivity contribution in [1.29, 1.82) is 0 Å². The third-order valence-corrected chi connectivity index (χ3v) is 10.2. The van der Waals surface area contributed by atoms with E-state index in [4.69, 9.17) is 0 Å². The molecule has 0 N–H and O–H groups in total. The number of hydrogen-bond acceptors (Lipinski definition) is 0. The van der Waals surface area contributed by atoms with Gasteiger partial charge in [-0.25, -0.2) is 0 Å². The molecule has 1 heteroatoms. The van der Waals surface area contributed by atoms with E-state index in [-0.39, 0.29) is 0 Å². The van der Waals surface area contributed by atoms with E-state index in [0.717, 1.165) is 23.0 Å². The highest BCUT2D eigenvalue weighted by molar-refractivity contribution is 6.90. The van der Waals surface area contributed by atoms with Crippen LogP contribution in [0.4, 0.5) is 0 Å². The van der Waals surface area contributed by atoms with Crippen molar-refractivity contribution in [3.05, 3.63) is 12.7 Å². The first-order valence-electron chi connectivity index (χ1n) is 6.92. The van der Waals surface area contributed by atoms with Crippen LogP contribution in [-0.2, 0) is 0 Å². The highest BCUT2D eigenvalue weighted by Gasteiger charge is 2.41. The van der Waals surface area contributed by atoms with Crippen LogP contribution in [0.2, 0.25) is 16.6 Å². The minimum Gasteiger partial charge on any atom is -0.130 e. The van der Waals surface area contributed by atoms with E-state index in [9.17, 15) is 0 Å². The number of rotatable bonds is 5. The van der Waals surface area contributed by atoms with E-state index in [0.29, 0.717) is 5.92 Å². The van der Waals surface area contributed by atoms with Crippen LogP contribution >= 0.6 is 0 Å². The molecule has 0 radical (unpaired) electrons. The molecule has 0 aromatic heterocycles. The fourth-order valence-electron chi connectivity index (χ4n) is 2.99. The van der Waals surface area contributed by atoms with Crippen molar-refractivity contribution in [2.24, 2.45) is 5.92 Å². The predicted molar refractivity (Wildman–Crippen MR) is 82.8 cm³/mol. The topological polar surface area (TPSA) is 0 Å². The van der Waals surface area contributed by atoms with E-state index < -0.39 is 8.07 Å². The number of hydrogen-bond donors (Lipinski definition) is 0. The monoisotopic (exact) mass is 250 g/mol. The van der Waals surface area contributed by atoms with Gasteiger partial charge < -0.3 is 0 Å². The van der Waals surface area contributed by atoms with Gasteiger partial charge in [0.05, 0.1) is 0 Å². The van der Waals surface area contributed by atoms with Gasteiger partial charge in [0.25, 0.3) is 0 Å². The summed E-state index contributed by atoms with van der Waals surface area (Å²) in [5.74, 6) is 3.96.